The molecule has 166 valence electrons. The topological polar surface area (TPSA) is 53.9 Å². The fraction of sp³-hybridized carbons (Fsp3) is 0.654. The summed E-state index contributed by atoms with van der Waals surface area (Å²) in [5.74, 6) is 3.61. The second kappa shape index (κ2) is 9.33. The highest BCUT2D eigenvalue weighted by atomic mass is 15.2. The minimum atomic E-state index is 0.503. The van der Waals surface area contributed by atoms with E-state index in [-0.39, 0.29) is 0 Å². The molecule has 5 heteroatoms. The molecule has 3 aliphatic heterocycles. The van der Waals surface area contributed by atoms with Gasteiger partial charge in [0.15, 0.2) is 5.82 Å². The Kier molecular flexibility index (Phi) is 6.33. The number of hydrogen-bond acceptors (Lipinski definition) is 5. The molecule has 1 N–H and O–H groups in total. The molecule has 5 heterocycles. The van der Waals surface area contributed by atoms with Gasteiger partial charge in [-0.05, 0) is 81.6 Å². The van der Waals surface area contributed by atoms with Crippen LogP contribution in [0.4, 0.5) is 0 Å². The molecule has 0 spiro atoms. The molecule has 4 atom stereocenters. The number of piperidine rings is 3. The van der Waals surface area contributed by atoms with Crippen LogP contribution in [0.1, 0.15) is 75.6 Å². The first-order valence-corrected chi connectivity index (χ1v) is 12.5. The van der Waals surface area contributed by atoms with E-state index >= 15 is 0 Å². The summed E-state index contributed by atoms with van der Waals surface area (Å²) < 4.78 is 0. The lowest BCUT2D eigenvalue weighted by Gasteiger charge is -2.50. The van der Waals surface area contributed by atoms with Gasteiger partial charge in [0.2, 0.25) is 0 Å². The molecule has 5 nitrogen and oxygen atoms in total. The number of rotatable bonds is 9. The molecule has 6 rings (SSSR count). The van der Waals surface area contributed by atoms with E-state index in [2.05, 4.69) is 35.1 Å². The number of aromatic nitrogens is 3. The molecule has 0 aromatic carbocycles. The Labute approximate surface area is 187 Å². The monoisotopic (exact) mass is 419 g/mol. The maximum atomic E-state index is 5.13. The largest absolute Gasteiger partial charge is 0.315 e. The van der Waals surface area contributed by atoms with Crippen LogP contribution < -0.4 is 5.32 Å². The Morgan fingerprint density at radius 1 is 1.06 bits per heavy atom. The van der Waals surface area contributed by atoms with E-state index in [4.69, 9.17) is 9.97 Å². The van der Waals surface area contributed by atoms with Crippen LogP contribution in [-0.2, 0) is 0 Å². The summed E-state index contributed by atoms with van der Waals surface area (Å²) in [6.07, 6.45) is 11.4. The number of nitrogens with zero attached hydrogens (tertiary/aromatic N) is 4. The maximum absolute atomic E-state index is 5.13. The second-order valence-corrected chi connectivity index (χ2v) is 9.93. The first-order chi connectivity index (χ1) is 15.2. The Morgan fingerprint density at radius 2 is 1.87 bits per heavy atom. The number of hydrogen-bond donors (Lipinski definition) is 1. The van der Waals surface area contributed by atoms with Crippen molar-refractivity contribution >= 4 is 0 Å². The van der Waals surface area contributed by atoms with Crippen molar-refractivity contribution in [3.8, 4) is 11.4 Å². The standard InChI is InChI=1S/C26H37N5/c1-3-19(4-2)24-14-25(30-26(29-24)20-7-10-27-11-8-20)23-17-31-12-9-21(23)13-22(31)16-28-15-18-5-6-18/h7-8,10-11,14,18-19,21-23,28H,3-6,9,12-13,15-17H2,1-2H3/t21-,22+,23+/m0/s1. The van der Waals surface area contributed by atoms with E-state index in [0.29, 0.717) is 17.9 Å². The quantitative estimate of drug-likeness (QED) is 0.643. The van der Waals surface area contributed by atoms with Crippen molar-refractivity contribution in [3.63, 3.8) is 0 Å². The van der Waals surface area contributed by atoms with Gasteiger partial charge in [-0.3, -0.25) is 9.88 Å². The van der Waals surface area contributed by atoms with Crippen molar-refractivity contribution in [1.82, 2.24) is 25.2 Å². The fourth-order valence-electron chi connectivity index (χ4n) is 5.68. The minimum Gasteiger partial charge on any atom is -0.315 e. The third-order valence-corrected chi connectivity index (χ3v) is 7.88. The molecule has 0 radical (unpaired) electrons. The zero-order valence-corrected chi connectivity index (χ0v) is 19.1. The summed E-state index contributed by atoms with van der Waals surface area (Å²) >= 11 is 0. The third kappa shape index (κ3) is 4.68. The summed E-state index contributed by atoms with van der Waals surface area (Å²) in [7, 11) is 0. The van der Waals surface area contributed by atoms with Gasteiger partial charge in [0.05, 0.1) is 0 Å². The molecular weight excluding hydrogens is 382 g/mol. The second-order valence-electron chi connectivity index (χ2n) is 9.93. The molecule has 0 amide bonds. The SMILES string of the molecule is CCC(CC)c1cc([C@@H]2CN3CC[C@H]2C[C@@H]3CNCC2CC2)nc(-c2ccncc2)n1. The maximum Gasteiger partial charge on any atom is 0.159 e. The van der Waals surface area contributed by atoms with Crippen molar-refractivity contribution in [2.45, 2.75) is 70.3 Å². The average Bonchev–Trinajstić information content (AvgIpc) is 3.65. The Morgan fingerprint density at radius 3 is 2.55 bits per heavy atom. The van der Waals surface area contributed by atoms with Gasteiger partial charge in [0.1, 0.15) is 0 Å². The Bertz CT molecular complexity index is 861. The summed E-state index contributed by atoms with van der Waals surface area (Å²) in [6, 6.07) is 7.12. The van der Waals surface area contributed by atoms with Gasteiger partial charge in [-0.15, -0.1) is 0 Å². The summed E-state index contributed by atoms with van der Waals surface area (Å²) in [5, 5.41) is 3.75. The lowest BCUT2D eigenvalue weighted by molar-refractivity contribution is 0.0293. The Hall–Kier alpha value is -1.85. The van der Waals surface area contributed by atoms with Gasteiger partial charge in [0, 0.05) is 60.3 Å². The van der Waals surface area contributed by atoms with Gasteiger partial charge in [-0.1, -0.05) is 13.8 Å². The van der Waals surface area contributed by atoms with Crippen LogP contribution in [0.25, 0.3) is 11.4 Å². The highest BCUT2D eigenvalue weighted by Gasteiger charge is 2.41. The first-order valence-electron chi connectivity index (χ1n) is 12.5. The van der Waals surface area contributed by atoms with Crippen LogP contribution in [-0.4, -0.2) is 52.1 Å². The van der Waals surface area contributed by atoms with Crippen molar-refractivity contribution in [1.29, 1.82) is 0 Å². The van der Waals surface area contributed by atoms with Gasteiger partial charge < -0.3 is 5.32 Å². The molecular formula is C26H37N5. The fourth-order valence-corrected chi connectivity index (χ4v) is 5.68. The van der Waals surface area contributed by atoms with Crippen LogP contribution >= 0.6 is 0 Å². The zero-order chi connectivity index (χ0) is 21.2. The number of fused-ring (bicyclic) bond motifs is 3. The van der Waals surface area contributed by atoms with Crippen molar-refractivity contribution in [3.05, 3.63) is 42.0 Å². The summed E-state index contributed by atoms with van der Waals surface area (Å²) in [5.41, 5.74) is 3.57. The highest BCUT2D eigenvalue weighted by molar-refractivity contribution is 5.54. The molecule has 1 unspecified atom stereocenters. The van der Waals surface area contributed by atoms with E-state index in [1.165, 1.54) is 50.2 Å². The Balaban J connectivity index is 1.38. The molecule has 4 fully saturated rings. The molecule has 4 aliphatic rings. The van der Waals surface area contributed by atoms with Crippen molar-refractivity contribution in [2.24, 2.45) is 11.8 Å². The average molecular weight is 420 g/mol. The van der Waals surface area contributed by atoms with Gasteiger partial charge >= 0.3 is 0 Å². The molecule has 1 aliphatic carbocycles. The van der Waals surface area contributed by atoms with Gasteiger partial charge in [-0.25, -0.2) is 9.97 Å². The van der Waals surface area contributed by atoms with Crippen LogP contribution in [0.15, 0.2) is 30.6 Å². The van der Waals surface area contributed by atoms with Gasteiger partial charge in [0.25, 0.3) is 0 Å². The van der Waals surface area contributed by atoms with E-state index in [9.17, 15) is 0 Å². The van der Waals surface area contributed by atoms with Gasteiger partial charge in [-0.2, -0.15) is 0 Å². The molecule has 1 saturated carbocycles. The number of pyridine rings is 1. The molecule has 2 aromatic rings. The summed E-state index contributed by atoms with van der Waals surface area (Å²) in [6.45, 7) is 9.32. The number of nitrogens with one attached hydrogen (secondary N) is 1. The molecule has 2 aromatic heterocycles. The minimum absolute atomic E-state index is 0.503. The van der Waals surface area contributed by atoms with E-state index in [0.717, 1.165) is 49.2 Å². The van der Waals surface area contributed by atoms with Crippen LogP contribution in [0.5, 0.6) is 0 Å². The highest BCUT2D eigenvalue weighted by Crippen LogP contribution is 2.42. The van der Waals surface area contributed by atoms with E-state index in [1.807, 2.05) is 24.5 Å². The predicted molar refractivity (Wildman–Crippen MR) is 125 cm³/mol. The van der Waals surface area contributed by atoms with Crippen molar-refractivity contribution in [2.75, 3.05) is 26.2 Å². The molecule has 3 saturated heterocycles. The van der Waals surface area contributed by atoms with Crippen LogP contribution in [0.3, 0.4) is 0 Å². The van der Waals surface area contributed by atoms with Crippen LogP contribution in [0, 0.1) is 11.8 Å². The zero-order valence-electron chi connectivity index (χ0n) is 19.1. The lowest BCUT2D eigenvalue weighted by atomic mass is 9.74. The van der Waals surface area contributed by atoms with Crippen LogP contribution in [0.2, 0.25) is 0 Å². The van der Waals surface area contributed by atoms with E-state index < -0.39 is 0 Å². The predicted octanol–water partition coefficient (Wildman–Crippen LogP) is 4.62. The first kappa shape index (κ1) is 21.0. The lowest BCUT2D eigenvalue weighted by Crippen LogP contribution is -2.55. The van der Waals surface area contributed by atoms with Crippen molar-refractivity contribution < 1.29 is 0 Å². The smallest absolute Gasteiger partial charge is 0.159 e. The van der Waals surface area contributed by atoms with E-state index in [1.54, 1.807) is 0 Å². The molecule has 31 heavy (non-hydrogen) atoms. The molecule has 2 bridgehead atoms. The third-order valence-electron chi connectivity index (χ3n) is 7.88. The normalized spacial score (nSPS) is 27.7. The summed E-state index contributed by atoms with van der Waals surface area (Å²) in [4.78, 5) is 17.1.